The van der Waals surface area contributed by atoms with Crippen LogP contribution in [-0.4, -0.2) is 19.6 Å². The van der Waals surface area contributed by atoms with Crippen LogP contribution in [0.25, 0.3) is 0 Å². The summed E-state index contributed by atoms with van der Waals surface area (Å²) in [5.41, 5.74) is 2.73. The van der Waals surface area contributed by atoms with Gasteiger partial charge in [0.25, 0.3) is 5.56 Å². The fourth-order valence-corrected chi connectivity index (χ4v) is 2.66. The lowest BCUT2D eigenvalue weighted by Crippen LogP contribution is -2.24. The zero-order chi connectivity index (χ0) is 14.0. The normalized spacial score (nSPS) is 10.9. The van der Waals surface area contributed by atoms with Gasteiger partial charge in [-0.15, -0.1) is 0 Å². The second-order valence-corrected chi connectivity index (χ2v) is 5.14. The lowest BCUT2D eigenvalue weighted by molar-refractivity contribution is 0.553. The van der Waals surface area contributed by atoms with Gasteiger partial charge >= 0.3 is 0 Å². The topological polar surface area (TPSA) is 52.7 Å². The number of nitrogens with zero attached hydrogens (tertiary/aromatic N) is 4. The van der Waals surface area contributed by atoms with E-state index in [-0.39, 0.29) is 5.56 Å². The quantitative estimate of drug-likeness (QED) is 0.865. The van der Waals surface area contributed by atoms with Crippen molar-refractivity contribution in [2.45, 2.75) is 40.3 Å². The molecular formula is C13H17BrN4O. The molecule has 0 saturated heterocycles. The van der Waals surface area contributed by atoms with Crippen molar-refractivity contribution in [3.63, 3.8) is 0 Å². The Hall–Kier alpha value is -1.43. The number of aryl methyl sites for hydroxylation is 3. The first-order chi connectivity index (χ1) is 9.06. The Morgan fingerprint density at radius 3 is 2.58 bits per heavy atom. The summed E-state index contributed by atoms with van der Waals surface area (Å²) in [6.07, 6.45) is 0.858. The van der Waals surface area contributed by atoms with E-state index in [1.165, 1.54) is 4.68 Å². The van der Waals surface area contributed by atoms with Crippen LogP contribution in [0.5, 0.6) is 0 Å². The molecule has 2 rings (SSSR count). The number of hydrogen-bond donors (Lipinski definition) is 0. The van der Waals surface area contributed by atoms with Gasteiger partial charge in [0, 0.05) is 12.6 Å². The summed E-state index contributed by atoms with van der Waals surface area (Å²) < 4.78 is 4.37. The Morgan fingerprint density at radius 2 is 1.95 bits per heavy atom. The molecule has 0 atom stereocenters. The number of halogens is 1. The molecule has 0 aromatic carbocycles. The van der Waals surface area contributed by atoms with E-state index in [2.05, 4.69) is 33.1 Å². The van der Waals surface area contributed by atoms with E-state index in [1.807, 2.05) is 18.5 Å². The van der Waals surface area contributed by atoms with Gasteiger partial charge in [-0.3, -0.25) is 9.48 Å². The maximum absolute atomic E-state index is 11.8. The molecule has 2 aromatic rings. The van der Waals surface area contributed by atoms with Crippen molar-refractivity contribution < 1.29 is 0 Å². The van der Waals surface area contributed by atoms with E-state index >= 15 is 0 Å². The highest BCUT2D eigenvalue weighted by Crippen LogP contribution is 2.22. The zero-order valence-corrected chi connectivity index (χ0v) is 12.9. The van der Waals surface area contributed by atoms with Crippen molar-refractivity contribution in [3.8, 4) is 0 Å². The molecule has 0 aliphatic carbocycles. The molecule has 0 fully saturated rings. The zero-order valence-electron chi connectivity index (χ0n) is 11.4. The van der Waals surface area contributed by atoms with Gasteiger partial charge in [-0.05, 0) is 42.3 Å². The van der Waals surface area contributed by atoms with Gasteiger partial charge in [0.15, 0.2) is 0 Å². The minimum Gasteiger partial charge on any atom is -0.268 e. The average molecular weight is 325 g/mol. The fourth-order valence-electron chi connectivity index (χ4n) is 1.97. The molecule has 0 N–H and O–H groups in total. The Morgan fingerprint density at radius 1 is 1.21 bits per heavy atom. The van der Waals surface area contributed by atoms with Crippen molar-refractivity contribution >= 4 is 15.9 Å². The summed E-state index contributed by atoms with van der Waals surface area (Å²) in [5, 5.41) is 8.78. The minimum atomic E-state index is -0.0978. The summed E-state index contributed by atoms with van der Waals surface area (Å²) in [5.74, 6) is 0. The molecule has 0 aliphatic rings. The SMILES string of the molecule is CCc1nn(CC)c(Cn2nc(C)ccc2=O)c1Br. The molecule has 5 nitrogen and oxygen atoms in total. The van der Waals surface area contributed by atoms with Crippen LogP contribution in [0.1, 0.15) is 30.9 Å². The third-order valence-corrected chi connectivity index (χ3v) is 3.91. The van der Waals surface area contributed by atoms with Gasteiger partial charge < -0.3 is 0 Å². The Balaban J connectivity index is 2.45. The fraction of sp³-hybridized carbons (Fsp3) is 0.462. The van der Waals surface area contributed by atoms with Gasteiger partial charge in [0.05, 0.1) is 28.1 Å². The first kappa shape index (κ1) is 14.0. The number of rotatable bonds is 4. The van der Waals surface area contributed by atoms with Crippen molar-refractivity contribution in [1.29, 1.82) is 0 Å². The van der Waals surface area contributed by atoms with Crippen LogP contribution in [0.4, 0.5) is 0 Å². The first-order valence-electron chi connectivity index (χ1n) is 6.35. The molecule has 0 unspecified atom stereocenters. The highest BCUT2D eigenvalue weighted by molar-refractivity contribution is 9.10. The van der Waals surface area contributed by atoms with Crippen LogP contribution < -0.4 is 5.56 Å². The number of aromatic nitrogens is 4. The molecule has 2 heterocycles. The van der Waals surface area contributed by atoms with Gasteiger partial charge in [0.2, 0.25) is 0 Å². The first-order valence-corrected chi connectivity index (χ1v) is 7.14. The smallest absolute Gasteiger partial charge is 0.267 e. The van der Waals surface area contributed by atoms with Crippen molar-refractivity contribution in [3.05, 3.63) is 44.0 Å². The minimum absolute atomic E-state index is 0.0978. The van der Waals surface area contributed by atoms with Crippen LogP contribution >= 0.6 is 15.9 Å². The van der Waals surface area contributed by atoms with E-state index in [9.17, 15) is 4.79 Å². The van der Waals surface area contributed by atoms with Crippen molar-refractivity contribution in [2.24, 2.45) is 0 Å². The van der Waals surface area contributed by atoms with Crippen LogP contribution in [0.3, 0.4) is 0 Å². The second kappa shape index (κ2) is 5.69. The Kier molecular flexibility index (Phi) is 4.19. The van der Waals surface area contributed by atoms with Crippen LogP contribution in [-0.2, 0) is 19.5 Å². The van der Waals surface area contributed by atoms with E-state index in [4.69, 9.17) is 0 Å². The molecule has 0 spiro atoms. The number of hydrogen-bond acceptors (Lipinski definition) is 3. The van der Waals surface area contributed by atoms with Crippen LogP contribution in [0.2, 0.25) is 0 Å². The second-order valence-electron chi connectivity index (χ2n) is 4.35. The van der Waals surface area contributed by atoms with Gasteiger partial charge in [-0.1, -0.05) is 6.92 Å². The third kappa shape index (κ3) is 2.78. The molecule has 19 heavy (non-hydrogen) atoms. The van der Waals surface area contributed by atoms with Crippen molar-refractivity contribution in [2.75, 3.05) is 0 Å². The van der Waals surface area contributed by atoms with E-state index in [0.717, 1.165) is 34.5 Å². The molecule has 0 amide bonds. The van der Waals surface area contributed by atoms with Crippen LogP contribution in [0, 0.1) is 6.92 Å². The van der Waals surface area contributed by atoms with Gasteiger partial charge in [0.1, 0.15) is 0 Å². The molecule has 0 aliphatic heterocycles. The molecule has 0 saturated carbocycles. The third-order valence-electron chi connectivity index (χ3n) is 2.99. The highest BCUT2D eigenvalue weighted by Gasteiger charge is 2.15. The maximum Gasteiger partial charge on any atom is 0.267 e. The Bertz CT molecular complexity index is 645. The molecule has 6 heteroatoms. The van der Waals surface area contributed by atoms with Crippen molar-refractivity contribution in [1.82, 2.24) is 19.6 Å². The highest BCUT2D eigenvalue weighted by atomic mass is 79.9. The van der Waals surface area contributed by atoms with Gasteiger partial charge in [-0.25, -0.2) is 4.68 Å². The van der Waals surface area contributed by atoms with E-state index in [0.29, 0.717) is 6.54 Å². The summed E-state index contributed by atoms with van der Waals surface area (Å²) in [6, 6.07) is 3.27. The molecule has 0 radical (unpaired) electrons. The average Bonchev–Trinajstić information content (AvgIpc) is 2.70. The molecule has 102 valence electrons. The summed E-state index contributed by atoms with van der Waals surface area (Å²) in [6.45, 7) is 7.18. The monoisotopic (exact) mass is 324 g/mol. The standard InChI is InChI=1S/C13H17BrN4O/c1-4-10-13(14)11(17(5-2)16-10)8-18-12(19)7-6-9(3)15-18/h6-7H,4-5,8H2,1-3H3. The summed E-state index contributed by atoms with van der Waals surface area (Å²) >= 11 is 3.58. The lowest BCUT2D eigenvalue weighted by Gasteiger charge is -2.07. The predicted octanol–water partition coefficient (Wildman–Crippen LogP) is 2.14. The predicted molar refractivity (Wildman–Crippen MR) is 77.3 cm³/mol. The van der Waals surface area contributed by atoms with E-state index < -0.39 is 0 Å². The summed E-state index contributed by atoms with van der Waals surface area (Å²) in [4.78, 5) is 11.8. The largest absolute Gasteiger partial charge is 0.268 e. The summed E-state index contributed by atoms with van der Waals surface area (Å²) in [7, 11) is 0. The molecular weight excluding hydrogens is 308 g/mol. The molecule has 2 aromatic heterocycles. The lowest BCUT2D eigenvalue weighted by atomic mass is 10.3. The van der Waals surface area contributed by atoms with Gasteiger partial charge in [-0.2, -0.15) is 10.2 Å². The Labute approximate surface area is 120 Å². The maximum atomic E-state index is 11.8. The molecule has 0 bridgehead atoms. The van der Waals surface area contributed by atoms with Crippen LogP contribution in [0.15, 0.2) is 21.4 Å². The van der Waals surface area contributed by atoms with E-state index in [1.54, 1.807) is 12.1 Å².